The fraction of sp³-hybridized carbons (Fsp3) is 0.692. The molecule has 0 bridgehead atoms. The number of carbonyl (C=O) groups is 1. The number of hydrogen-bond donors (Lipinski definition) is 1. The van der Waals surface area contributed by atoms with Gasteiger partial charge in [-0.3, -0.25) is 4.79 Å². The average molecular weight is 239 g/mol. The second kappa shape index (κ2) is 8.79. The molecule has 1 fully saturated rings. The number of hydrogen-bond acceptors (Lipinski definition) is 3. The van der Waals surface area contributed by atoms with Gasteiger partial charge in [-0.05, 0) is 19.8 Å². The van der Waals surface area contributed by atoms with Crippen LogP contribution >= 0.6 is 0 Å². The van der Waals surface area contributed by atoms with E-state index in [4.69, 9.17) is 0 Å². The third-order valence-corrected chi connectivity index (χ3v) is 3.03. The maximum Gasteiger partial charge on any atom is 0.222 e. The maximum absolute atomic E-state index is 11.5. The van der Waals surface area contributed by atoms with Gasteiger partial charge in [0.25, 0.3) is 0 Å². The Balaban J connectivity index is 0.00000121. The highest BCUT2D eigenvalue weighted by Crippen LogP contribution is 2.19. The molecule has 1 aliphatic heterocycles. The first-order valence-electron chi connectivity index (χ1n) is 6.17. The monoisotopic (exact) mass is 239 g/mol. The molecule has 0 unspecified atom stereocenters. The number of rotatable bonds is 3. The van der Waals surface area contributed by atoms with Crippen LogP contribution in [0.15, 0.2) is 18.3 Å². The van der Waals surface area contributed by atoms with Crippen LogP contribution in [-0.4, -0.2) is 36.7 Å². The maximum atomic E-state index is 11.5. The molecule has 4 heteroatoms. The van der Waals surface area contributed by atoms with E-state index < -0.39 is 0 Å². The van der Waals surface area contributed by atoms with Crippen molar-refractivity contribution >= 4 is 11.6 Å². The first-order chi connectivity index (χ1) is 8.19. The third-order valence-electron chi connectivity index (χ3n) is 3.03. The van der Waals surface area contributed by atoms with Gasteiger partial charge in [-0.1, -0.05) is 6.92 Å². The van der Waals surface area contributed by atoms with E-state index in [-0.39, 0.29) is 5.91 Å². The molecule has 0 saturated carbocycles. The van der Waals surface area contributed by atoms with Gasteiger partial charge in [-0.2, -0.15) is 5.10 Å². The molecule has 0 aliphatic carbocycles. The average Bonchev–Trinajstić information content (AvgIpc) is 2.40. The molecule has 1 amide bonds. The predicted molar refractivity (Wildman–Crippen MR) is 73.0 cm³/mol. The van der Waals surface area contributed by atoms with E-state index >= 15 is 0 Å². The number of carbonyl (C=O) groups excluding carboxylic acids is 1. The minimum absolute atomic E-state index is 0.275. The van der Waals surface area contributed by atoms with Gasteiger partial charge in [-0.15, -0.1) is 13.2 Å². The molecule has 1 N–H and O–H groups in total. The van der Waals surface area contributed by atoms with Crippen LogP contribution in [0.3, 0.4) is 0 Å². The van der Waals surface area contributed by atoms with Gasteiger partial charge < -0.3 is 10.3 Å². The molecule has 1 rings (SSSR count). The van der Waals surface area contributed by atoms with Gasteiger partial charge in [0.05, 0.1) is 0 Å². The number of nitrogens with zero attached hydrogens (tertiary/aromatic N) is 2. The van der Waals surface area contributed by atoms with Crippen LogP contribution in [0.5, 0.6) is 0 Å². The summed E-state index contributed by atoms with van der Waals surface area (Å²) in [4.78, 5) is 13.4. The largest absolute Gasteiger partial charge is 0.343 e. The standard InChI is InChI=1S/C11H21N3O.C2H4/c1-4-11(15)14-7-5-10(6-8-14)9(2)13-12-3;1-2/h10,12H,4-8H2,1-3H3;1-2H2/b13-9+;. The molecular formula is C13H25N3O. The van der Waals surface area contributed by atoms with Gasteiger partial charge in [-0.25, -0.2) is 0 Å². The minimum atomic E-state index is 0.275. The van der Waals surface area contributed by atoms with Gasteiger partial charge in [0.15, 0.2) is 0 Å². The molecule has 1 aliphatic rings. The van der Waals surface area contributed by atoms with Gasteiger partial charge >= 0.3 is 0 Å². The third kappa shape index (κ3) is 5.02. The Labute approximate surface area is 105 Å². The van der Waals surface area contributed by atoms with E-state index in [1.165, 1.54) is 0 Å². The Morgan fingerprint density at radius 1 is 1.41 bits per heavy atom. The van der Waals surface area contributed by atoms with Crippen molar-refractivity contribution in [3.8, 4) is 0 Å². The summed E-state index contributed by atoms with van der Waals surface area (Å²) >= 11 is 0. The van der Waals surface area contributed by atoms with Crippen molar-refractivity contribution in [2.45, 2.75) is 33.1 Å². The van der Waals surface area contributed by atoms with E-state index in [9.17, 15) is 4.79 Å². The van der Waals surface area contributed by atoms with Crippen molar-refractivity contribution in [1.82, 2.24) is 10.3 Å². The fourth-order valence-electron chi connectivity index (χ4n) is 2.04. The number of likely N-dealkylation sites (tertiary alicyclic amines) is 1. The van der Waals surface area contributed by atoms with Crippen LogP contribution in [0.4, 0.5) is 0 Å². The van der Waals surface area contributed by atoms with Crippen molar-refractivity contribution < 1.29 is 4.79 Å². The second-order valence-corrected chi connectivity index (χ2v) is 3.99. The highest BCUT2D eigenvalue weighted by molar-refractivity contribution is 5.84. The lowest BCUT2D eigenvalue weighted by Crippen LogP contribution is -2.39. The molecule has 0 aromatic carbocycles. The van der Waals surface area contributed by atoms with Crippen molar-refractivity contribution in [2.24, 2.45) is 11.0 Å². The summed E-state index contributed by atoms with van der Waals surface area (Å²) in [5.41, 5.74) is 3.97. The molecule has 0 radical (unpaired) electrons. The number of hydrazone groups is 1. The molecule has 1 heterocycles. The summed E-state index contributed by atoms with van der Waals surface area (Å²) in [7, 11) is 1.82. The summed E-state index contributed by atoms with van der Waals surface area (Å²) in [5, 5.41) is 4.20. The molecule has 0 aromatic rings. The van der Waals surface area contributed by atoms with Crippen LogP contribution in [-0.2, 0) is 4.79 Å². The first-order valence-corrected chi connectivity index (χ1v) is 6.17. The molecule has 17 heavy (non-hydrogen) atoms. The van der Waals surface area contributed by atoms with E-state index in [1.54, 1.807) is 0 Å². The molecule has 98 valence electrons. The summed E-state index contributed by atoms with van der Waals surface area (Å²) in [6.07, 6.45) is 2.71. The van der Waals surface area contributed by atoms with Crippen molar-refractivity contribution in [3.63, 3.8) is 0 Å². The van der Waals surface area contributed by atoms with Crippen molar-refractivity contribution in [3.05, 3.63) is 13.2 Å². The second-order valence-electron chi connectivity index (χ2n) is 3.99. The number of piperidine rings is 1. The summed E-state index contributed by atoms with van der Waals surface area (Å²) in [5.74, 6) is 0.815. The van der Waals surface area contributed by atoms with Gasteiger partial charge in [0.2, 0.25) is 5.91 Å². The van der Waals surface area contributed by atoms with Crippen molar-refractivity contribution in [1.29, 1.82) is 0 Å². The minimum Gasteiger partial charge on any atom is -0.343 e. The Bertz CT molecular complexity index is 255. The van der Waals surface area contributed by atoms with Crippen LogP contribution in [0.2, 0.25) is 0 Å². The quantitative estimate of drug-likeness (QED) is 0.465. The molecule has 1 saturated heterocycles. The van der Waals surface area contributed by atoms with Crippen LogP contribution < -0.4 is 5.43 Å². The summed E-state index contributed by atoms with van der Waals surface area (Å²) in [6.45, 7) is 11.7. The Morgan fingerprint density at radius 3 is 2.35 bits per heavy atom. The highest BCUT2D eigenvalue weighted by atomic mass is 16.2. The van der Waals surface area contributed by atoms with Gasteiger partial charge in [0.1, 0.15) is 0 Å². The van der Waals surface area contributed by atoms with E-state index in [0.717, 1.165) is 31.6 Å². The zero-order valence-corrected chi connectivity index (χ0v) is 11.3. The first kappa shape index (κ1) is 15.7. The normalized spacial score (nSPS) is 17.1. The Kier molecular flexibility index (Phi) is 8.11. The molecular weight excluding hydrogens is 214 g/mol. The fourth-order valence-corrected chi connectivity index (χ4v) is 2.04. The Morgan fingerprint density at radius 2 is 1.94 bits per heavy atom. The zero-order chi connectivity index (χ0) is 13.3. The highest BCUT2D eigenvalue weighted by Gasteiger charge is 2.23. The lowest BCUT2D eigenvalue weighted by atomic mass is 9.92. The zero-order valence-electron chi connectivity index (χ0n) is 11.3. The molecule has 0 atom stereocenters. The molecule has 4 nitrogen and oxygen atoms in total. The van der Waals surface area contributed by atoms with E-state index in [1.807, 2.05) is 18.9 Å². The predicted octanol–water partition coefficient (Wildman–Crippen LogP) is 2.03. The SMILES string of the molecule is C=C.CCC(=O)N1CCC(/C(C)=N/NC)CC1. The van der Waals surface area contributed by atoms with Gasteiger partial charge in [0, 0.05) is 38.2 Å². The van der Waals surface area contributed by atoms with E-state index in [0.29, 0.717) is 12.3 Å². The number of nitrogens with one attached hydrogen (secondary N) is 1. The molecule has 0 spiro atoms. The summed E-state index contributed by atoms with van der Waals surface area (Å²) in [6, 6.07) is 0. The van der Waals surface area contributed by atoms with E-state index in [2.05, 4.69) is 30.6 Å². The van der Waals surface area contributed by atoms with Crippen LogP contribution in [0, 0.1) is 5.92 Å². The topological polar surface area (TPSA) is 44.7 Å². The van der Waals surface area contributed by atoms with Crippen molar-refractivity contribution in [2.75, 3.05) is 20.1 Å². The number of amides is 1. The lowest BCUT2D eigenvalue weighted by molar-refractivity contribution is -0.131. The Hall–Kier alpha value is -1.32. The molecule has 0 aromatic heterocycles. The van der Waals surface area contributed by atoms with Crippen LogP contribution in [0.25, 0.3) is 0 Å². The van der Waals surface area contributed by atoms with Crippen LogP contribution in [0.1, 0.15) is 33.1 Å². The summed E-state index contributed by atoms with van der Waals surface area (Å²) < 4.78 is 0. The lowest BCUT2D eigenvalue weighted by Gasteiger charge is -2.31. The smallest absolute Gasteiger partial charge is 0.222 e.